The molecule has 5 heteroatoms. The first-order valence-electron chi connectivity index (χ1n) is 8.25. The molecule has 2 aromatic carbocycles. The van der Waals surface area contributed by atoms with Gasteiger partial charge in [-0.1, -0.05) is 24.3 Å². The number of pyridine rings is 1. The van der Waals surface area contributed by atoms with E-state index in [1.807, 2.05) is 49.4 Å². The summed E-state index contributed by atoms with van der Waals surface area (Å²) >= 11 is 0. The predicted octanol–water partition coefficient (Wildman–Crippen LogP) is 3.37. The number of rotatable bonds is 3. The van der Waals surface area contributed by atoms with Crippen molar-refractivity contribution in [1.29, 1.82) is 0 Å². The molecule has 0 spiro atoms. The van der Waals surface area contributed by atoms with Gasteiger partial charge in [0.25, 0.3) is 5.56 Å². The first kappa shape index (κ1) is 15.4. The average molecular weight is 335 g/mol. The number of para-hydroxylation sites is 1. The van der Waals surface area contributed by atoms with Crippen LogP contribution in [0.4, 0.5) is 0 Å². The number of H-pyrrole nitrogens is 1. The van der Waals surface area contributed by atoms with Crippen molar-refractivity contribution in [1.82, 2.24) is 4.98 Å². The van der Waals surface area contributed by atoms with Gasteiger partial charge >= 0.3 is 5.97 Å². The van der Waals surface area contributed by atoms with Crippen LogP contribution in [0.15, 0.2) is 53.3 Å². The zero-order valence-electron chi connectivity index (χ0n) is 13.7. The van der Waals surface area contributed by atoms with Gasteiger partial charge in [-0.05, 0) is 36.8 Å². The second kappa shape index (κ2) is 6.09. The van der Waals surface area contributed by atoms with Gasteiger partial charge in [0.05, 0.1) is 24.1 Å². The van der Waals surface area contributed by atoms with E-state index < -0.39 is 0 Å². The highest BCUT2D eigenvalue weighted by Crippen LogP contribution is 2.40. The summed E-state index contributed by atoms with van der Waals surface area (Å²) in [5.74, 6) is 0.467. The van der Waals surface area contributed by atoms with Crippen LogP contribution >= 0.6 is 0 Å². The van der Waals surface area contributed by atoms with E-state index in [-0.39, 0.29) is 23.9 Å². The maximum atomic E-state index is 12.7. The molecule has 0 fully saturated rings. The highest BCUT2D eigenvalue weighted by atomic mass is 16.5. The summed E-state index contributed by atoms with van der Waals surface area (Å²) in [7, 11) is 0. The summed E-state index contributed by atoms with van der Waals surface area (Å²) in [6.45, 7) is 2.51. The van der Waals surface area contributed by atoms with Crippen molar-refractivity contribution >= 4 is 16.9 Å². The number of aromatic amines is 1. The lowest BCUT2D eigenvalue weighted by atomic mass is 9.86. The highest BCUT2D eigenvalue weighted by Gasteiger charge is 2.32. The zero-order valence-corrected chi connectivity index (χ0v) is 13.7. The molecule has 0 radical (unpaired) electrons. The SMILES string of the molecule is CCOc1ccc([C@@H]2CC(=O)Oc3c2c(=O)[nH]c2ccccc32)cc1. The first-order valence-corrected chi connectivity index (χ1v) is 8.25. The molecule has 1 aliphatic rings. The zero-order chi connectivity index (χ0) is 17.4. The molecule has 1 aromatic heterocycles. The smallest absolute Gasteiger partial charge is 0.312 e. The molecule has 2 heterocycles. The van der Waals surface area contributed by atoms with Crippen LogP contribution in [0.1, 0.15) is 30.4 Å². The van der Waals surface area contributed by atoms with Crippen LogP contribution in [-0.4, -0.2) is 17.6 Å². The van der Waals surface area contributed by atoms with Crippen LogP contribution in [0, 0.1) is 0 Å². The summed E-state index contributed by atoms with van der Waals surface area (Å²) in [4.78, 5) is 27.7. The van der Waals surface area contributed by atoms with Gasteiger partial charge in [0.2, 0.25) is 0 Å². The van der Waals surface area contributed by atoms with Crippen molar-refractivity contribution in [2.45, 2.75) is 19.3 Å². The summed E-state index contributed by atoms with van der Waals surface area (Å²) in [5, 5.41) is 0.737. The predicted molar refractivity (Wildman–Crippen MR) is 94.3 cm³/mol. The number of ether oxygens (including phenoxy) is 2. The highest BCUT2D eigenvalue weighted by molar-refractivity contribution is 5.91. The van der Waals surface area contributed by atoms with Crippen molar-refractivity contribution < 1.29 is 14.3 Å². The third kappa shape index (κ3) is 2.67. The van der Waals surface area contributed by atoms with Crippen LogP contribution in [0.25, 0.3) is 10.9 Å². The normalized spacial score (nSPS) is 16.4. The minimum Gasteiger partial charge on any atom is -0.494 e. The fraction of sp³-hybridized carbons (Fsp3) is 0.200. The Bertz CT molecular complexity index is 1000. The fourth-order valence-corrected chi connectivity index (χ4v) is 3.33. The number of hydrogen-bond donors (Lipinski definition) is 1. The number of aromatic nitrogens is 1. The van der Waals surface area contributed by atoms with Gasteiger partial charge in [0.15, 0.2) is 0 Å². The van der Waals surface area contributed by atoms with Crippen LogP contribution in [0.2, 0.25) is 0 Å². The Morgan fingerprint density at radius 2 is 1.88 bits per heavy atom. The van der Waals surface area contributed by atoms with Crippen molar-refractivity contribution in [2.75, 3.05) is 6.61 Å². The van der Waals surface area contributed by atoms with Crippen LogP contribution in [0.3, 0.4) is 0 Å². The number of fused-ring (bicyclic) bond motifs is 3. The number of benzene rings is 2. The fourth-order valence-electron chi connectivity index (χ4n) is 3.33. The Morgan fingerprint density at radius 3 is 2.64 bits per heavy atom. The van der Waals surface area contributed by atoms with Gasteiger partial charge in [-0.2, -0.15) is 0 Å². The molecular formula is C20H17NO4. The summed E-state index contributed by atoms with van der Waals surface area (Å²) < 4.78 is 10.9. The number of hydrogen-bond acceptors (Lipinski definition) is 4. The van der Waals surface area contributed by atoms with Gasteiger partial charge in [0, 0.05) is 11.3 Å². The molecule has 0 amide bonds. The number of esters is 1. The van der Waals surface area contributed by atoms with Gasteiger partial charge in [0.1, 0.15) is 11.5 Å². The molecule has 1 aliphatic heterocycles. The summed E-state index contributed by atoms with van der Waals surface area (Å²) in [6, 6.07) is 14.8. The molecule has 25 heavy (non-hydrogen) atoms. The van der Waals surface area contributed by atoms with Crippen molar-refractivity contribution in [3.8, 4) is 11.5 Å². The van der Waals surface area contributed by atoms with E-state index in [1.165, 1.54) is 0 Å². The molecule has 3 aromatic rings. The molecule has 0 unspecified atom stereocenters. The quantitative estimate of drug-likeness (QED) is 0.745. The molecular weight excluding hydrogens is 318 g/mol. The van der Waals surface area contributed by atoms with E-state index in [0.717, 1.165) is 16.7 Å². The number of nitrogens with one attached hydrogen (secondary N) is 1. The second-order valence-corrected chi connectivity index (χ2v) is 5.98. The largest absolute Gasteiger partial charge is 0.494 e. The lowest BCUT2D eigenvalue weighted by Crippen LogP contribution is -2.28. The Balaban J connectivity index is 1.88. The van der Waals surface area contributed by atoms with Gasteiger partial charge < -0.3 is 14.5 Å². The van der Waals surface area contributed by atoms with E-state index in [1.54, 1.807) is 6.07 Å². The Hall–Kier alpha value is -3.08. The molecule has 0 saturated heterocycles. The Morgan fingerprint density at radius 1 is 1.12 bits per heavy atom. The molecule has 5 nitrogen and oxygen atoms in total. The van der Waals surface area contributed by atoms with Crippen LogP contribution in [0.5, 0.6) is 11.5 Å². The Kier molecular flexibility index (Phi) is 3.76. The molecule has 1 atom stereocenters. The maximum absolute atomic E-state index is 12.7. The minimum atomic E-state index is -0.333. The molecule has 0 aliphatic carbocycles. The molecule has 0 bridgehead atoms. The second-order valence-electron chi connectivity index (χ2n) is 5.98. The van der Waals surface area contributed by atoms with Crippen molar-refractivity contribution in [3.05, 3.63) is 70.0 Å². The standard InChI is InChI=1S/C20H17NO4/c1-2-24-13-9-7-12(8-10-13)15-11-17(22)25-19-14-5-3-4-6-16(14)21-20(23)18(15)19/h3-10,15H,2,11H2,1H3,(H,21,23)/t15-/m0/s1. The average Bonchev–Trinajstić information content (AvgIpc) is 2.62. The molecule has 4 rings (SSSR count). The maximum Gasteiger partial charge on any atom is 0.312 e. The molecule has 126 valence electrons. The van der Waals surface area contributed by atoms with E-state index in [2.05, 4.69) is 4.98 Å². The van der Waals surface area contributed by atoms with Gasteiger partial charge in [-0.25, -0.2) is 0 Å². The molecule has 0 saturated carbocycles. The van der Waals surface area contributed by atoms with Gasteiger partial charge in [-0.15, -0.1) is 0 Å². The van der Waals surface area contributed by atoms with E-state index in [4.69, 9.17) is 9.47 Å². The van der Waals surface area contributed by atoms with E-state index in [9.17, 15) is 9.59 Å². The number of carbonyl (C=O) groups excluding carboxylic acids is 1. The third-order valence-electron chi connectivity index (χ3n) is 4.44. The van der Waals surface area contributed by atoms with Gasteiger partial charge in [-0.3, -0.25) is 9.59 Å². The topological polar surface area (TPSA) is 68.4 Å². The lowest BCUT2D eigenvalue weighted by molar-refractivity contribution is -0.135. The van der Waals surface area contributed by atoms with Crippen molar-refractivity contribution in [3.63, 3.8) is 0 Å². The van der Waals surface area contributed by atoms with Crippen molar-refractivity contribution in [2.24, 2.45) is 0 Å². The Labute approximate surface area is 144 Å². The summed E-state index contributed by atoms with van der Waals surface area (Å²) in [6.07, 6.45) is 0.141. The van der Waals surface area contributed by atoms with Crippen LogP contribution < -0.4 is 15.0 Å². The first-order chi connectivity index (χ1) is 12.2. The third-order valence-corrected chi connectivity index (χ3v) is 4.44. The minimum absolute atomic E-state index is 0.141. The number of carbonyl (C=O) groups is 1. The van der Waals surface area contributed by atoms with E-state index >= 15 is 0 Å². The summed E-state index contributed by atoms with van der Waals surface area (Å²) in [5.41, 5.74) is 1.83. The molecule has 1 N–H and O–H groups in total. The monoisotopic (exact) mass is 335 g/mol. The van der Waals surface area contributed by atoms with E-state index in [0.29, 0.717) is 23.4 Å². The van der Waals surface area contributed by atoms with Crippen LogP contribution in [-0.2, 0) is 4.79 Å². The lowest BCUT2D eigenvalue weighted by Gasteiger charge is -2.25.